The van der Waals surface area contributed by atoms with Crippen LogP contribution in [0.15, 0.2) is 47.4 Å². The maximum atomic E-state index is 12.9. The SMILES string of the molecule is COC(=O)c1ccc(C)c(NC(=O)[C@H]2CCCN(S(=O)(=O)c3ccc(Cl)cc3)C2)c1. The van der Waals surface area contributed by atoms with Gasteiger partial charge < -0.3 is 10.1 Å². The Bertz CT molecular complexity index is 1050. The van der Waals surface area contributed by atoms with E-state index in [1.54, 1.807) is 18.2 Å². The highest BCUT2D eigenvalue weighted by molar-refractivity contribution is 7.89. The molecule has 0 spiro atoms. The van der Waals surface area contributed by atoms with Gasteiger partial charge in [0.25, 0.3) is 0 Å². The second-order valence-corrected chi connectivity index (χ2v) is 9.54. The van der Waals surface area contributed by atoms with Gasteiger partial charge in [0.2, 0.25) is 15.9 Å². The van der Waals surface area contributed by atoms with E-state index in [0.29, 0.717) is 35.7 Å². The van der Waals surface area contributed by atoms with Crippen LogP contribution in [0.3, 0.4) is 0 Å². The monoisotopic (exact) mass is 450 g/mol. The van der Waals surface area contributed by atoms with E-state index in [1.807, 2.05) is 6.92 Å². The fourth-order valence-corrected chi connectivity index (χ4v) is 5.02. The molecule has 1 amide bonds. The Morgan fingerprint density at radius 3 is 2.53 bits per heavy atom. The Hall–Kier alpha value is -2.42. The third kappa shape index (κ3) is 4.83. The lowest BCUT2D eigenvalue weighted by atomic mass is 9.98. The molecule has 9 heteroatoms. The number of piperidine rings is 1. The average Bonchev–Trinajstić information content (AvgIpc) is 2.75. The van der Waals surface area contributed by atoms with Crippen molar-refractivity contribution in [1.29, 1.82) is 0 Å². The maximum Gasteiger partial charge on any atom is 0.337 e. The number of amides is 1. The number of carbonyl (C=O) groups excluding carboxylic acids is 2. The fraction of sp³-hybridized carbons (Fsp3) is 0.333. The van der Waals surface area contributed by atoms with Crippen molar-refractivity contribution in [2.75, 3.05) is 25.5 Å². The van der Waals surface area contributed by atoms with Crippen molar-refractivity contribution in [2.24, 2.45) is 5.92 Å². The van der Waals surface area contributed by atoms with Crippen LogP contribution in [0.25, 0.3) is 0 Å². The van der Waals surface area contributed by atoms with Crippen molar-refractivity contribution in [3.05, 3.63) is 58.6 Å². The molecule has 0 saturated carbocycles. The molecule has 1 aliphatic rings. The van der Waals surface area contributed by atoms with Gasteiger partial charge in [-0.3, -0.25) is 4.79 Å². The number of ether oxygens (including phenoxy) is 1. The highest BCUT2D eigenvalue weighted by Crippen LogP contribution is 2.26. The molecule has 0 aliphatic carbocycles. The first-order chi connectivity index (χ1) is 14.2. The molecule has 2 aromatic rings. The van der Waals surface area contributed by atoms with E-state index in [9.17, 15) is 18.0 Å². The standard InChI is InChI=1S/C21H23ClN2O5S/c1-14-5-6-15(21(26)29-2)12-19(14)23-20(25)16-4-3-11-24(13-16)30(27,28)18-9-7-17(22)8-10-18/h5-10,12,16H,3-4,11,13H2,1-2H3,(H,23,25)/t16-/m0/s1. The van der Waals surface area contributed by atoms with Crippen LogP contribution in [0.2, 0.25) is 5.02 Å². The quantitative estimate of drug-likeness (QED) is 0.704. The lowest BCUT2D eigenvalue weighted by Gasteiger charge is -2.31. The largest absolute Gasteiger partial charge is 0.465 e. The molecule has 160 valence electrons. The van der Waals surface area contributed by atoms with E-state index >= 15 is 0 Å². The van der Waals surface area contributed by atoms with Crippen LogP contribution < -0.4 is 5.32 Å². The number of halogens is 1. The summed E-state index contributed by atoms with van der Waals surface area (Å²) in [7, 11) is -2.42. The van der Waals surface area contributed by atoms with Crippen LogP contribution in [0.1, 0.15) is 28.8 Å². The van der Waals surface area contributed by atoms with Gasteiger partial charge in [-0.25, -0.2) is 13.2 Å². The molecular formula is C21H23ClN2O5S. The first-order valence-corrected chi connectivity index (χ1v) is 11.3. The number of nitrogens with one attached hydrogen (secondary N) is 1. The predicted octanol–water partition coefficient (Wildman–Crippen LogP) is 3.47. The van der Waals surface area contributed by atoms with Gasteiger partial charge in [-0.05, 0) is 61.7 Å². The smallest absolute Gasteiger partial charge is 0.337 e. The Kier molecular flexibility index (Phi) is 6.80. The number of anilines is 1. The fourth-order valence-electron chi connectivity index (χ4n) is 3.37. The third-order valence-corrected chi connectivity index (χ3v) is 7.25. The van der Waals surface area contributed by atoms with Gasteiger partial charge in [0.05, 0.1) is 23.5 Å². The molecule has 1 atom stereocenters. The second-order valence-electron chi connectivity index (χ2n) is 7.17. The summed E-state index contributed by atoms with van der Waals surface area (Å²) < 4.78 is 31.9. The van der Waals surface area contributed by atoms with Crippen LogP contribution in [-0.4, -0.2) is 44.8 Å². The Balaban J connectivity index is 1.75. The van der Waals surface area contributed by atoms with Crippen molar-refractivity contribution in [1.82, 2.24) is 4.31 Å². The number of sulfonamides is 1. The first-order valence-electron chi connectivity index (χ1n) is 9.48. The van der Waals surface area contributed by atoms with Crippen LogP contribution in [0.5, 0.6) is 0 Å². The van der Waals surface area contributed by atoms with E-state index in [-0.39, 0.29) is 17.3 Å². The van der Waals surface area contributed by atoms with Crippen molar-refractivity contribution < 1.29 is 22.7 Å². The number of aryl methyl sites for hydroxylation is 1. The van der Waals surface area contributed by atoms with Crippen molar-refractivity contribution in [3.8, 4) is 0 Å². The minimum atomic E-state index is -3.71. The first kappa shape index (κ1) is 22.3. The normalized spacial score (nSPS) is 17.4. The molecule has 2 aromatic carbocycles. The topological polar surface area (TPSA) is 92.8 Å². The van der Waals surface area contributed by atoms with Crippen molar-refractivity contribution in [3.63, 3.8) is 0 Å². The predicted molar refractivity (Wildman–Crippen MR) is 114 cm³/mol. The van der Waals surface area contributed by atoms with Gasteiger partial charge in [-0.1, -0.05) is 17.7 Å². The number of methoxy groups -OCH3 is 1. The Labute approximate surface area is 181 Å². The summed E-state index contributed by atoms with van der Waals surface area (Å²) in [5, 5.41) is 3.29. The van der Waals surface area contributed by atoms with Gasteiger partial charge >= 0.3 is 5.97 Å². The number of rotatable bonds is 5. The average molecular weight is 451 g/mol. The minimum Gasteiger partial charge on any atom is -0.465 e. The van der Waals surface area contributed by atoms with E-state index < -0.39 is 21.9 Å². The van der Waals surface area contributed by atoms with E-state index in [4.69, 9.17) is 16.3 Å². The van der Waals surface area contributed by atoms with Crippen LogP contribution in [0.4, 0.5) is 5.69 Å². The molecule has 30 heavy (non-hydrogen) atoms. The van der Waals surface area contributed by atoms with Gasteiger partial charge in [0.15, 0.2) is 0 Å². The minimum absolute atomic E-state index is 0.0898. The molecule has 7 nitrogen and oxygen atoms in total. The van der Waals surface area contributed by atoms with E-state index in [2.05, 4.69) is 5.32 Å². The van der Waals surface area contributed by atoms with E-state index in [0.717, 1.165) is 5.56 Å². The molecule has 0 aromatic heterocycles. The highest BCUT2D eigenvalue weighted by atomic mass is 35.5. The molecule has 1 N–H and O–H groups in total. The molecule has 0 radical (unpaired) electrons. The molecule has 1 fully saturated rings. The third-order valence-electron chi connectivity index (χ3n) is 5.12. The lowest BCUT2D eigenvalue weighted by molar-refractivity contribution is -0.120. The van der Waals surface area contributed by atoms with E-state index in [1.165, 1.54) is 35.7 Å². The van der Waals surface area contributed by atoms with Gasteiger partial charge in [0, 0.05) is 23.8 Å². The number of carbonyl (C=O) groups is 2. The maximum absolute atomic E-state index is 12.9. The number of nitrogens with zero attached hydrogens (tertiary/aromatic N) is 1. The van der Waals surface area contributed by atoms with Crippen LogP contribution >= 0.6 is 11.6 Å². The highest BCUT2D eigenvalue weighted by Gasteiger charge is 2.33. The molecule has 0 unspecified atom stereocenters. The Morgan fingerprint density at radius 2 is 1.87 bits per heavy atom. The summed E-state index contributed by atoms with van der Waals surface area (Å²) in [6.45, 7) is 2.26. The van der Waals surface area contributed by atoms with Crippen LogP contribution in [0, 0.1) is 12.8 Å². The molecule has 1 saturated heterocycles. The summed E-state index contributed by atoms with van der Waals surface area (Å²) in [5.41, 5.74) is 1.62. The lowest BCUT2D eigenvalue weighted by Crippen LogP contribution is -2.43. The number of hydrogen-bond acceptors (Lipinski definition) is 5. The summed E-state index contributed by atoms with van der Waals surface area (Å²) in [6.07, 6.45) is 1.15. The van der Waals surface area contributed by atoms with Crippen molar-refractivity contribution >= 4 is 39.2 Å². The van der Waals surface area contributed by atoms with Crippen molar-refractivity contribution in [2.45, 2.75) is 24.7 Å². The zero-order valence-corrected chi connectivity index (χ0v) is 18.3. The summed E-state index contributed by atoms with van der Waals surface area (Å²) in [4.78, 5) is 24.8. The van der Waals surface area contributed by atoms with Crippen LogP contribution in [-0.2, 0) is 19.6 Å². The van der Waals surface area contributed by atoms with Gasteiger partial charge in [-0.2, -0.15) is 4.31 Å². The molecule has 1 heterocycles. The van der Waals surface area contributed by atoms with Gasteiger partial charge in [-0.15, -0.1) is 0 Å². The summed E-state index contributed by atoms with van der Waals surface area (Å²) >= 11 is 5.85. The molecule has 3 rings (SSSR count). The molecule has 1 aliphatic heterocycles. The molecule has 0 bridgehead atoms. The number of hydrogen-bond donors (Lipinski definition) is 1. The second kappa shape index (κ2) is 9.16. The zero-order valence-electron chi connectivity index (χ0n) is 16.7. The summed E-state index contributed by atoms with van der Waals surface area (Å²) in [5.74, 6) is -1.28. The Morgan fingerprint density at radius 1 is 1.17 bits per heavy atom. The summed E-state index contributed by atoms with van der Waals surface area (Å²) in [6, 6.07) is 10.9. The zero-order chi connectivity index (χ0) is 21.9. The number of esters is 1. The van der Waals surface area contributed by atoms with Gasteiger partial charge in [0.1, 0.15) is 0 Å². The molecular weight excluding hydrogens is 428 g/mol. The number of benzene rings is 2.